The van der Waals surface area contributed by atoms with E-state index in [0.717, 1.165) is 0 Å². The third kappa shape index (κ3) is 0.861. The quantitative estimate of drug-likeness (QED) is 0.586. The maximum atomic E-state index is 3.67. The van der Waals surface area contributed by atoms with Gasteiger partial charge in [0.05, 0.1) is 6.20 Å². The number of hydrogen-bond acceptors (Lipinski definition) is 3. The Labute approximate surface area is 52.3 Å². The first kappa shape index (κ1) is 5.68. The zero-order valence-corrected chi connectivity index (χ0v) is 4.83. The van der Waals surface area contributed by atoms with Crippen molar-refractivity contribution in [3.8, 4) is 0 Å². The SMILES string of the molecule is C=Nc1cn[nH]c1N=C. The van der Waals surface area contributed by atoms with Crippen molar-refractivity contribution >= 4 is 24.9 Å². The van der Waals surface area contributed by atoms with E-state index in [-0.39, 0.29) is 0 Å². The average molecular weight is 122 g/mol. The normalized spacial score (nSPS) is 8.89. The van der Waals surface area contributed by atoms with Crippen LogP contribution in [0.1, 0.15) is 0 Å². The van der Waals surface area contributed by atoms with Crippen LogP contribution in [0.2, 0.25) is 0 Å². The molecule has 1 aromatic heterocycles. The molecule has 0 spiro atoms. The molecular formula is C5H6N4. The van der Waals surface area contributed by atoms with Crippen molar-refractivity contribution in [3.63, 3.8) is 0 Å². The summed E-state index contributed by atoms with van der Waals surface area (Å²) >= 11 is 0. The lowest BCUT2D eigenvalue weighted by Crippen LogP contribution is -1.61. The summed E-state index contributed by atoms with van der Waals surface area (Å²) < 4.78 is 0. The first-order valence-electron chi connectivity index (χ1n) is 2.35. The molecule has 0 unspecified atom stereocenters. The summed E-state index contributed by atoms with van der Waals surface area (Å²) in [6, 6.07) is 0. The highest BCUT2D eigenvalue weighted by Gasteiger charge is 1.96. The molecule has 0 aliphatic heterocycles. The smallest absolute Gasteiger partial charge is 0.173 e. The van der Waals surface area contributed by atoms with Crippen LogP contribution in [-0.2, 0) is 0 Å². The van der Waals surface area contributed by atoms with Crippen LogP contribution in [0, 0.1) is 0 Å². The summed E-state index contributed by atoms with van der Waals surface area (Å²) in [5, 5.41) is 6.26. The van der Waals surface area contributed by atoms with Gasteiger partial charge in [0, 0.05) is 0 Å². The Hall–Kier alpha value is -1.45. The fourth-order valence-electron chi connectivity index (χ4n) is 0.505. The topological polar surface area (TPSA) is 53.4 Å². The van der Waals surface area contributed by atoms with Gasteiger partial charge in [-0.3, -0.25) is 10.1 Å². The van der Waals surface area contributed by atoms with Crippen molar-refractivity contribution in [1.29, 1.82) is 0 Å². The maximum Gasteiger partial charge on any atom is 0.173 e. The van der Waals surface area contributed by atoms with E-state index in [1.807, 2.05) is 0 Å². The van der Waals surface area contributed by atoms with Crippen LogP contribution in [0.5, 0.6) is 0 Å². The molecule has 0 aliphatic rings. The molecule has 0 bridgehead atoms. The van der Waals surface area contributed by atoms with E-state index in [1.165, 1.54) is 6.20 Å². The van der Waals surface area contributed by atoms with Crippen molar-refractivity contribution < 1.29 is 0 Å². The van der Waals surface area contributed by atoms with Crippen LogP contribution >= 0.6 is 0 Å². The molecule has 1 N–H and O–H groups in total. The summed E-state index contributed by atoms with van der Waals surface area (Å²) in [7, 11) is 0. The van der Waals surface area contributed by atoms with Crippen molar-refractivity contribution in [3.05, 3.63) is 6.20 Å². The van der Waals surface area contributed by atoms with Crippen LogP contribution in [0.15, 0.2) is 16.2 Å². The number of aliphatic imine (C=N–C) groups is 2. The van der Waals surface area contributed by atoms with Gasteiger partial charge in [-0.15, -0.1) is 0 Å². The molecule has 0 aromatic carbocycles. The molecule has 0 atom stereocenters. The van der Waals surface area contributed by atoms with E-state index >= 15 is 0 Å². The van der Waals surface area contributed by atoms with E-state index in [0.29, 0.717) is 11.5 Å². The number of aromatic amines is 1. The van der Waals surface area contributed by atoms with Crippen LogP contribution in [0.25, 0.3) is 0 Å². The molecule has 0 aliphatic carbocycles. The van der Waals surface area contributed by atoms with Gasteiger partial charge < -0.3 is 0 Å². The summed E-state index contributed by atoms with van der Waals surface area (Å²) in [6.45, 7) is 6.62. The molecule has 0 fully saturated rings. The number of H-pyrrole nitrogens is 1. The lowest BCUT2D eigenvalue weighted by molar-refractivity contribution is 1.08. The second kappa shape index (κ2) is 2.21. The van der Waals surface area contributed by atoms with Gasteiger partial charge in [0.1, 0.15) is 5.69 Å². The Morgan fingerprint density at radius 3 is 2.67 bits per heavy atom. The third-order valence-corrected chi connectivity index (χ3v) is 0.928. The molecule has 9 heavy (non-hydrogen) atoms. The number of aromatic nitrogens is 2. The van der Waals surface area contributed by atoms with Crippen molar-refractivity contribution in [2.75, 3.05) is 0 Å². The number of rotatable bonds is 2. The molecule has 1 heterocycles. The summed E-state index contributed by atoms with van der Waals surface area (Å²) in [4.78, 5) is 7.22. The lowest BCUT2D eigenvalue weighted by atomic mass is 10.5. The predicted molar refractivity (Wildman–Crippen MR) is 37.0 cm³/mol. The van der Waals surface area contributed by atoms with Gasteiger partial charge in [0.25, 0.3) is 0 Å². The molecule has 0 saturated heterocycles. The summed E-state index contributed by atoms with van der Waals surface area (Å²) in [5.74, 6) is 0.560. The van der Waals surface area contributed by atoms with Crippen LogP contribution < -0.4 is 0 Å². The van der Waals surface area contributed by atoms with Gasteiger partial charge in [-0.25, -0.2) is 4.99 Å². The molecule has 1 rings (SSSR count). The third-order valence-electron chi connectivity index (χ3n) is 0.928. The molecule has 1 aromatic rings. The maximum absolute atomic E-state index is 3.67. The summed E-state index contributed by atoms with van der Waals surface area (Å²) in [6.07, 6.45) is 1.54. The van der Waals surface area contributed by atoms with Crippen LogP contribution in [-0.4, -0.2) is 23.6 Å². The molecular weight excluding hydrogens is 116 g/mol. The summed E-state index contributed by atoms with van der Waals surface area (Å²) in [5.41, 5.74) is 0.630. The average Bonchev–Trinajstić information content (AvgIpc) is 2.33. The van der Waals surface area contributed by atoms with Gasteiger partial charge in [-0.2, -0.15) is 5.10 Å². The minimum absolute atomic E-state index is 0.560. The molecule has 0 radical (unpaired) electrons. The monoisotopic (exact) mass is 122 g/mol. The van der Waals surface area contributed by atoms with E-state index in [1.54, 1.807) is 0 Å². The van der Waals surface area contributed by atoms with Crippen molar-refractivity contribution in [1.82, 2.24) is 10.2 Å². The van der Waals surface area contributed by atoms with Crippen molar-refractivity contribution in [2.24, 2.45) is 9.98 Å². The fourth-order valence-corrected chi connectivity index (χ4v) is 0.505. The largest absolute Gasteiger partial charge is 0.259 e. The standard InChI is InChI=1S/C5H6N4/c1-6-4-3-8-9-5(4)7-2/h3H,1-2H2,(H,8,9). The second-order valence-electron chi connectivity index (χ2n) is 1.42. The van der Waals surface area contributed by atoms with Crippen molar-refractivity contribution in [2.45, 2.75) is 0 Å². The minimum Gasteiger partial charge on any atom is -0.259 e. The van der Waals surface area contributed by atoms with Gasteiger partial charge >= 0.3 is 0 Å². The fraction of sp³-hybridized carbons (Fsp3) is 0. The lowest BCUT2D eigenvalue weighted by Gasteiger charge is -1.83. The molecule has 0 amide bonds. The number of nitrogens with zero attached hydrogens (tertiary/aromatic N) is 3. The zero-order chi connectivity index (χ0) is 6.69. The Morgan fingerprint density at radius 1 is 1.44 bits per heavy atom. The Balaban J connectivity index is 3.12. The molecule has 4 nitrogen and oxygen atoms in total. The Bertz CT molecular complexity index is 202. The van der Waals surface area contributed by atoms with E-state index < -0.39 is 0 Å². The van der Waals surface area contributed by atoms with E-state index in [4.69, 9.17) is 0 Å². The number of hydrogen-bond donors (Lipinski definition) is 1. The highest BCUT2D eigenvalue weighted by molar-refractivity contribution is 5.61. The first-order valence-corrected chi connectivity index (χ1v) is 2.35. The minimum atomic E-state index is 0.560. The predicted octanol–water partition coefficient (Wildman–Crippen LogP) is 1.07. The second-order valence-corrected chi connectivity index (χ2v) is 1.42. The number of nitrogens with one attached hydrogen (secondary N) is 1. The molecule has 0 saturated carbocycles. The zero-order valence-electron chi connectivity index (χ0n) is 4.83. The molecule has 4 heteroatoms. The highest BCUT2D eigenvalue weighted by atomic mass is 15.2. The Kier molecular flexibility index (Phi) is 1.40. The molecule has 46 valence electrons. The van der Waals surface area contributed by atoms with Gasteiger partial charge in [-0.05, 0) is 13.4 Å². The first-order chi connectivity index (χ1) is 4.38. The van der Waals surface area contributed by atoms with Gasteiger partial charge in [-0.1, -0.05) is 0 Å². The Morgan fingerprint density at radius 2 is 2.22 bits per heavy atom. The van der Waals surface area contributed by atoms with Crippen LogP contribution in [0.4, 0.5) is 11.5 Å². The van der Waals surface area contributed by atoms with Gasteiger partial charge in [0.2, 0.25) is 0 Å². The van der Waals surface area contributed by atoms with Gasteiger partial charge in [0.15, 0.2) is 5.82 Å². The van der Waals surface area contributed by atoms with E-state index in [9.17, 15) is 0 Å². The van der Waals surface area contributed by atoms with Crippen LogP contribution in [0.3, 0.4) is 0 Å². The van der Waals surface area contributed by atoms with E-state index in [2.05, 4.69) is 33.6 Å². The highest BCUT2D eigenvalue weighted by Crippen LogP contribution is 2.21.